The highest BCUT2D eigenvalue weighted by Gasteiger charge is 2.53. The number of halogens is 3. The van der Waals surface area contributed by atoms with Crippen LogP contribution in [0.3, 0.4) is 0 Å². The Hall–Kier alpha value is -4.04. The fraction of sp³-hybridized carbons (Fsp3) is 0.766. The molecule has 0 bridgehead atoms. The first-order chi connectivity index (χ1) is 35.3. The second-order valence-corrected chi connectivity index (χ2v) is 19.5. The quantitative estimate of drug-likeness (QED) is 0.0501. The van der Waals surface area contributed by atoms with Gasteiger partial charge in [0.15, 0.2) is 36.3 Å². The largest absolute Gasteiger partial charge is 0.394 e. The molecule has 1 aromatic heterocycles. The predicted octanol–water partition coefficient (Wildman–Crippen LogP) is -2.12. The average molecular weight is 1060 g/mol. The van der Waals surface area contributed by atoms with Crippen LogP contribution in [0.5, 0.6) is 0 Å². The maximum Gasteiger partial charge on any atom is 0.251 e. The summed E-state index contributed by atoms with van der Waals surface area (Å²) in [5.41, 5.74) is -0.336. The Morgan fingerprint density at radius 2 is 1.51 bits per heavy atom. The van der Waals surface area contributed by atoms with E-state index in [9.17, 15) is 68.4 Å². The summed E-state index contributed by atoms with van der Waals surface area (Å²) >= 11 is 0. The van der Waals surface area contributed by atoms with Crippen molar-refractivity contribution >= 4 is 17.7 Å². The molecule has 0 spiro atoms. The number of rotatable bonds is 20. The molecule has 7 rings (SSSR count). The topological polar surface area (TPSA) is 336 Å². The summed E-state index contributed by atoms with van der Waals surface area (Å²) in [6.45, 7) is 5.43. The molecular weight excluding hydrogens is 994 g/mol. The highest BCUT2D eigenvalue weighted by atomic mass is 19.2. The lowest BCUT2D eigenvalue weighted by Gasteiger charge is -2.49. The van der Waals surface area contributed by atoms with Gasteiger partial charge in [0.05, 0.1) is 44.3 Å². The van der Waals surface area contributed by atoms with Crippen molar-refractivity contribution in [2.45, 2.75) is 177 Å². The van der Waals surface area contributed by atoms with Gasteiger partial charge in [-0.15, -0.1) is 5.10 Å². The number of ether oxygens (including phenoxy) is 7. The Bertz CT molecular complexity index is 2180. The molecule has 2 aromatic rings. The third-order valence-corrected chi connectivity index (χ3v) is 14.4. The number of likely N-dealkylation sites (tertiary alicyclic amines) is 1. The van der Waals surface area contributed by atoms with Crippen LogP contribution in [-0.2, 0) is 47.5 Å². The molecule has 10 N–H and O–H groups in total. The van der Waals surface area contributed by atoms with E-state index in [-0.39, 0.29) is 49.6 Å². The molecule has 5 heterocycles. The SMILES string of the molecule is CCC[C@H](OC1C(NC(C)=O)[C@H](O[C@@H]2CC(C(=O)NCCO[C@H]3OC(CO)[C@@H](O)C(n4cc(-c5cc(F)c(F)c(F)c5)nn4)C3O)CC(CC)C2O[C@@H]2OC(C)[C@@H](O)C(O)C2O)OC(CO)[C@@H]1O)C(=O)N1CCC1. The van der Waals surface area contributed by atoms with Gasteiger partial charge in [0, 0.05) is 38.0 Å². The van der Waals surface area contributed by atoms with Gasteiger partial charge < -0.3 is 89.5 Å². The number of nitrogens with one attached hydrogen (secondary N) is 2. The highest BCUT2D eigenvalue weighted by Crippen LogP contribution is 2.40. The molecule has 5 fully saturated rings. The summed E-state index contributed by atoms with van der Waals surface area (Å²) < 4.78 is 85.5. The van der Waals surface area contributed by atoms with Crippen LogP contribution in [-0.4, -0.2) is 222 Å². The van der Waals surface area contributed by atoms with Crippen molar-refractivity contribution in [2.75, 3.05) is 39.5 Å². The number of amides is 3. The van der Waals surface area contributed by atoms with Crippen molar-refractivity contribution in [2.24, 2.45) is 11.8 Å². The first kappa shape index (κ1) is 57.7. The third kappa shape index (κ3) is 12.7. The Morgan fingerprint density at radius 3 is 2.14 bits per heavy atom. The number of hydrogen-bond acceptors (Lipinski definition) is 20. The molecule has 1 aliphatic carbocycles. The standard InChI is InChI=1S/C47H69F3N6O18/c1-5-8-28(44(67)55-10-7-11-55)70-42-33(52-21(4)59)45(72-31(19-58)37(42)62)71-29-16-24(13-22(6-2)41(29)74-47-40(65)39(64)35(60)20(3)69-47)43(66)51-9-12-68-46-38(63)34(36(61)30(18-57)73-46)56-17-27(53-54-56)23-14-25(48)32(50)26(49)15-23/h14-15,17,20,22,24,28-31,33-42,45-47,57-58,60-65H,5-13,16,18-19H2,1-4H3,(H,51,66)(H,52,59)/t20?,22?,24?,28-,29+,30?,31?,33?,34?,35+,36+,37-,38?,39?,40?,41?,42?,45+,46-,47-/m0/s1. The molecule has 12 unspecified atom stereocenters. The number of benzene rings is 1. The van der Waals surface area contributed by atoms with E-state index in [2.05, 4.69) is 20.9 Å². The Labute approximate surface area is 423 Å². The molecule has 1 saturated carbocycles. The van der Waals surface area contributed by atoms with Gasteiger partial charge in [0.25, 0.3) is 5.91 Å². The maximum atomic E-state index is 14.1. The van der Waals surface area contributed by atoms with Crippen LogP contribution >= 0.6 is 0 Å². The monoisotopic (exact) mass is 1060 g/mol. The van der Waals surface area contributed by atoms with E-state index >= 15 is 0 Å². The van der Waals surface area contributed by atoms with E-state index in [1.807, 2.05) is 13.8 Å². The van der Waals surface area contributed by atoms with Gasteiger partial charge in [-0.25, -0.2) is 17.9 Å². The molecular formula is C47H69F3N6O18. The summed E-state index contributed by atoms with van der Waals surface area (Å²) in [6.07, 6.45) is -19.4. The van der Waals surface area contributed by atoms with Crippen molar-refractivity contribution in [1.82, 2.24) is 30.5 Å². The molecule has 5 aliphatic rings. The molecule has 0 radical (unpaired) electrons. The number of aliphatic hydroxyl groups is 8. The number of carbonyl (C=O) groups is 3. The van der Waals surface area contributed by atoms with E-state index in [4.69, 9.17) is 33.2 Å². The molecule has 4 aliphatic heterocycles. The van der Waals surface area contributed by atoms with E-state index in [0.29, 0.717) is 38.1 Å². The van der Waals surface area contributed by atoms with Gasteiger partial charge in [0.2, 0.25) is 11.8 Å². The van der Waals surface area contributed by atoms with Crippen LogP contribution in [0.1, 0.15) is 72.3 Å². The average Bonchev–Trinajstić information content (AvgIpc) is 3.84. The predicted molar refractivity (Wildman–Crippen MR) is 244 cm³/mol. The molecule has 24 nitrogen and oxygen atoms in total. The highest BCUT2D eigenvalue weighted by molar-refractivity contribution is 5.81. The minimum Gasteiger partial charge on any atom is -0.394 e. The first-order valence-corrected chi connectivity index (χ1v) is 25.0. The maximum absolute atomic E-state index is 14.1. The van der Waals surface area contributed by atoms with Gasteiger partial charge in [-0.1, -0.05) is 31.9 Å². The van der Waals surface area contributed by atoms with Gasteiger partial charge >= 0.3 is 0 Å². The lowest BCUT2D eigenvalue weighted by Crippen LogP contribution is -2.67. The summed E-state index contributed by atoms with van der Waals surface area (Å²) in [5.74, 6) is -7.45. The van der Waals surface area contributed by atoms with Crippen molar-refractivity contribution in [3.63, 3.8) is 0 Å². The molecule has 3 amide bonds. The lowest BCUT2D eigenvalue weighted by atomic mass is 9.75. The van der Waals surface area contributed by atoms with Gasteiger partial charge in [-0.2, -0.15) is 0 Å². The molecule has 416 valence electrons. The summed E-state index contributed by atoms with van der Waals surface area (Å²) in [5, 5.41) is 99.9. The van der Waals surface area contributed by atoms with Crippen LogP contribution in [0.15, 0.2) is 18.3 Å². The van der Waals surface area contributed by atoms with Gasteiger partial charge in [-0.3, -0.25) is 14.4 Å². The number of aromatic nitrogens is 3. The Morgan fingerprint density at radius 1 is 0.838 bits per heavy atom. The Kier molecular flexibility index (Phi) is 19.8. The fourth-order valence-corrected chi connectivity index (χ4v) is 10.2. The normalized spacial score (nSPS) is 37.0. The van der Waals surface area contributed by atoms with Crippen LogP contribution in [0, 0.1) is 29.3 Å². The minimum atomic E-state index is -1.73. The third-order valence-electron chi connectivity index (χ3n) is 14.4. The van der Waals surface area contributed by atoms with E-state index < -0.39 is 165 Å². The Balaban J connectivity index is 1.08. The first-order valence-electron chi connectivity index (χ1n) is 25.0. The van der Waals surface area contributed by atoms with E-state index in [0.717, 1.165) is 17.3 Å². The second-order valence-electron chi connectivity index (χ2n) is 19.5. The summed E-state index contributed by atoms with van der Waals surface area (Å²) in [6, 6.07) is -1.33. The van der Waals surface area contributed by atoms with Crippen molar-refractivity contribution < 1.29 is 102 Å². The van der Waals surface area contributed by atoms with Crippen LogP contribution < -0.4 is 10.6 Å². The molecule has 27 heteroatoms. The van der Waals surface area contributed by atoms with Crippen molar-refractivity contribution in [3.05, 3.63) is 35.8 Å². The van der Waals surface area contributed by atoms with Gasteiger partial charge in [0.1, 0.15) is 78.8 Å². The van der Waals surface area contributed by atoms with Crippen LogP contribution in [0.2, 0.25) is 0 Å². The molecule has 1 aromatic carbocycles. The van der Waals surface area contributed by atoms with Crippen LogP contribution in [0.4, 0.5) is 13.2 Å². The smallest absolute Gasteiger partial charge is 0.251 e. The summed E-state index contributed by atoms with van der Waals surface area (Å²) in [4.78, 5) is 42.2. The fourth-order valence-electron chi connectivity index (χ4n) is 10.2. The van der Waals surface area contributed by atoms with E-state index in [1.54, 1.807) is 4.90 Å². The zero-order valence-electron chi connectivity index (χ0n) is 41.3. The summed E-state index contributed by atoms with van der Waals surface area (Å²) in [7, 11) is 0. The second kappa shape index (κ2) is 25.4. The number of aliphatic hydroxyl groups excluding tert-OH is 8. The molecule has 74 heavy (non-hydrogen) atoms. The minimum absolute atomic E-state index is 0.118. The van der Waals surface area contributed by atoms with Gasteiger partial charge in [-0.05, 0) is 50.7 Å². The number of hydrogen-bond donors (Lipinski definition) is 10. The van der Waals surface area contributed by atoms with Crippen molar-refractivity contribution in [3.8, 4) is 11.3 Å². The lowest BCUT2D eigenvalue weighted by molar-refractivity contribution is -0.338. The van der Waals surface area contributed by atoms with E-state index in [1.165, 1.54) is 13.8 Å². The number of carbonyl (C=O) groups excluding carboxylic acids is 3. The molecule has 4 saturated heterocycles. The van der Waals surface area contributed by atoms with Crippen LogP contribution in [0.25, 0.3) is 11.3 Å². The zero-order valence-corrected chi connectivity index (χ0v) is 41.3. The van der Waals surface area contributed by atoms with Crippen molar-refractivity contribution in [1.29, 1.82) is 0 Å². The molecule has 20 atom stereocenters. The number of nitrogens with zero attached hydrogens (tertiary/aromatic N) is 4. The zero-order chi connectivity index (χ0) is 53.7.